The van der Waals surface area contributed by atoms with E-state index in [0.717, 1.165) is 24.3 Å². The van der Waals surface area contributed by atoms with Gasteiger partial charge in [0.2, 0.25) is 15.9 Å². The number of carbonyl (C=O) groups is 2. The van der Waals surface area contributed by atoms with E-state index < -0.39 is 58.2 Å². The van der Waals surface area contributed by atoms with Crippen molar-refractivity contribution in [2.45, 2.75) is 17.3 Å². The molecule has 0 aromatic heterocycles. The first kappa shape index (κ1) is 20.6. The van der Waals surface area contributed by atoms with Gasteiger partial charge in [0.1, 0.15) is 12.4 Å². The number of amides is 1. The van der Waals surface area contributed by atoms with E-state index in [2.05, 4.69) is 4.74 Å². The van der Waals surface area contributed by atoms with Gasteiger partial charge in [-0.25, -0.2) is 22.3 Å². The van der Waals surface area contributed by atoms with Crippen molar-refractivity contribution in [3.63, 3.8) is 0 Å². The van der Waals surface area contributed by atoms with Gasteiger partial charge in [-0.05, 0) is 24.3 Å². The van der Waals surface area contributed by atoms with Crippen LogP contribution in [0.3, 0.4) is 0 Å². The quantitative estimate of drug-likeness (QED) is 0.555. The highest BCUT2D eigenvalue weighted by Gasteiger charge is 2.31. The number of ether oxygens (including phenoxy) is 1. The van der Waals surface area contributed by atoms with Gasteiger partial charge in [-0.1, -0.05) is 0 Å². The van der Waals surface area contributed by atoms with E-state index in [1.54, 1.807) is 10.0 Å². The van der Waals surface area contributed by atoms with Crippen LogP contribution in [0.4, 0.5) is 17.6 Å². The summed E-state index contributed by atoms with van der Waals surface area (Å²) in [5.41, 5.74) is 0. The molecule has 0 fully saturated rings. The van der Waals surface area contributed by atoms with Crippen LogP contribution < -0.4 is 14.8 Å². The van der Waals surface area contributed by atoms with Crippen LogP contribution in [-0.2, 0) is 19.6 Å². The summed E-state index contributed by atoms with van der Waals surface area (Å²) in [7, 11) is -4.27. The number of alkyl halides is 4. The third-order valence-electron chi connectivity index (χ3n) is 2.58. The Hall–Kier alpha value is -2.41. The Balaban J connectivity index is 2.69. The highest BCUT2D eigenvalue weighted by atomic mass is 32.2. The number of carbonyl (C=O) groups excluding carboxylic acids is 1. The SMILES string of the molecule is O=C(CNS(=O)(=O)c1ccc(OC(F)(F)F)cc1)NC(CF)C(=O)O. The zero-order valence-electron chi connectivity index (χ0n) is 12.2. The number of hydrogen-bond acceptors (Lipinski definition) is 5. The Bertz CT molecular complexity index is 720. The van der Waals surface area contributed by atoms with Crippen molar-refractivity contribution in [3.8, 4) is 5.75 Å². The first-order chi connectivity index (χ1) is 11.4. The molecular formula is C12H12F4N2O6S. The Labute approximate surface area is 138 Å². The van der Waals surface area contributed by atoms with Crippen LogP contribution >= 0.6 is 0 Å². The summed E-state index contributed by atoms with van der Waals surface area (Å²) in [6, 6.07) is 1.30. The molecule has 1 aromatic carbocycles. The van der Waals surface area contributed by atoms with E-state index in [4.69, 9.17) is 5.11 Å². The van der Waals surface area contributed by atoms with Crippen LogP contribution in [0, 0.1) is 0 Å². The van der Waals surface area contributed by atoms with Gasteiger partial charge in [-0.3, -0.25) is 4.79 Å². The highest BCUT2D eigenvalue weighted by molar-refractivity contribution is 7.89. The molecule has 1 unspecified atom stereocenters. The molecule has 0 saturated carbocycles. The molecule has 0 aliphatic carbocycles. The minimum atomic E-state index is -4.94. The number of rotatable bonds is 8. The summed E-state index contributed by atoms with van der Waals surface area (Å²) in [5.74, 6) is -3.39. The Morgan fingerprint density at radius 3 is 2.20 bits per heavy atom. The summed E-state index contributed by atoms with van der Waals surface area (Å²) in [4.78, 5) is 21.5. The van der Waals surface area contributed by atoms with Gasteiger partial charge >= 0.3 is 12.3 Å². The first-order valence-corrected chi connectivity index (χ1v) is 7.86. The number of sulfonamides is 1. The third kappa shape index (κ3) is 6.93. The van der Waals surface area contributed by atoms with Crippen LogP contribution in [0.15, 0.2) is 29.2 Å². The van der Waals surface area contributed by atoms with Crippen molar-refractivity contribution in [2.24, 2.45) is 0 Å². The number of aliphatic carboxylic acids is 1. The molecule has 0 bridgehead atoms. The average molecular weight is 388 g/mol. The number of nitrogens with one attached hydrogen (secondary N) is 2. The van der Waals surface area contributed by atoms with Crippen molar-refractivity contribution in [2.75, 3.05) is 13.2 Å². The zero-order chi connectivity index (χ0) is 19.3. The summed E-state index contributed by atoms with van der Waals surface area (Å²) in [6.45, 7) is -2.29. The van der Waals surface area contributed by atoms with Crippen molar-refractivity contribution in [3.05, 3.63) is 24.3 Å². The zero-order valence-corrected chi connectivity index (χ0v) is 13.0. The lowest BCUT2D eigenvalue weighted by Crippen LogP contribution is -2.46. The molecule has 1 atom stereocenters. The molecule has 1 rings (SSSR count). The molecule has 0 saturated heterocycles. The Kier molecular flexibility index (Phi) is 6.70. The molecular weight excluding hydrogens is 376 g/mol. The highest BCUT2D eigenvalue weighted by Crippen LogP contribution is 2.23. The normalized spacial score (nSPS) is 13.1. The summed E-state index contributed by atoms with van der Waals surface area (Å²) in [6.07, 6.45) is -4.94. The van der Waals surface area contributed by atoms with E-state index in [1.807, 2.05) is 0 Å². The first-order valence-electron chi connectivity index (χ1n) is 6.38. The van der Waals surface area contributed by atoms with Gasteiger partial charge in [0.15, 0.2) is 6.04 Å². The van der Waals surface area contributed by atoms with Crippen LogP contribution in [0.5, 0.6) is 5.75 Å². The van der Waals surface area contributed by atoms with Gasteiger partial charge in [0, 0.05) is 0 Å². The fourth-order valence-corrected chi connectivity index (χ4v) is 2.46. The lowest BCUT2D eigenvalue weighted by Gasteiger charge is -2.12. The van der Waals surface area contributed by atoms with Crippen molar-refractivity contribution < 1.29 is 45.4 Å². The fourth-order valence-electron chi connectivity index (χ4n) is 1.48. The maximum absolute atomic E-state index is 12.3. The van der Waals surface area contributed by atoms with Gasteiger partial charge in [0.25, 0.3) is 0 Å². The fraction of sp³-hybridized carbons (Fsp3) is 0.333. The molecule has 3 N–H and O–H groups in total. The maximum Gasteiger partial charge on any atom is 0.573 e. The summed E-state index contributed by atoms with van der Waals surface area (Å²) in [5, 5.41) is 10.3. The molecule has 8 nitrogen and oxygen atoms in total. The molecule has 1 amide bonds. The number of carboxylic acids is 1. The second kappa shape index (κ2) is 8.11. The molecule has 1 aromatic rings. The molecule has 140 valence electrons. The topological polar surface area (TPSA) is 122 Å². The van der Waals surface area contributed by atoms with Gasteiger partial charge < -0.3 is 15.2 Å². The Morgan fingerprint density at radius 1 is 1.20 bits per heavy atom. The van der Waals surface area contributed by atoms with E-state index >= 15 is 0 Å². The van der Waals surface area contributed by atoms with Crippen molar-refractivity contribution in [1.29, 1.82) is 0 Å². The third-order valence-corrected chi connectivity index (χ3v) is 4.00. The van der Waals surface area contributed by atoms with Gasteiger partial charge in [-0.2, -0.15) is 0 Å². The van der Waals surface area contributed by atoms with Crippen molar-refractivity contribution >= 4 is 21.9 Å². The minimum Gasteiger partial charge on any atom is -0.480 e. The number of carboxylic acid groups (broad SMARTS) is 1. The molecule has 0 radical (unpaired) electrons. The molecule has 0 spiro atoms. The second-order valence-corrected chi connectivity index (χ2v) is 6.22. The number of benzene rings is 1. The molecule has 0 heterocycles. The van der Waals surface area contributed by atoms with Crippen molar-refractivity contribution in [1.82, 2.24) is 10.0 Å². The molecule has 25 heavy (non-hydrogen) atoms. The van der Waals surface area contributed by atoms with Crippen LogP contribution in [0.25, 0.3) is 0 Å². The smallest absolute Gasteiger partial charge is 0.480 e. The predicted molar refractivity (Wildman–Crippen MR) is 73.9 cm³/mol. The lowest BCUT2D eigenvalue weighted by molar-refractivity contribution is -0.274. The van der Waals surface area contributed by atoms with Crippen LogP contribution in [0.1, 0.15) is 0 Å². The van der Waals surface area contributed by atoms with E-state index in [0.29, 0.717) is 0 Å². The van der Waals surface area contributed by atoms with Crippen LogP contribution in [-0.4, -0.2) is 51.0 Å². The number of hydrogen-bond donors (Lipinski definition) is 3. The lowest BCUT2D eigenvalue weighted by atomic mass is 10.3. The summed E-state index contributed by atoms with van der Waals surface area (Å²) < 4.78 is 77.5. The van der Waals surface area contributed by atoms with E-state index in [1.165, 1.54) is 0 Å². The van der Waals surface area contributed by atoms with E-state index in [-0.39, 0.29) is 0 Å². The molecule has 0 aliphatic rings. The standard InChI is InChI=1S/C12H12F4N2O6S/c13-5-9(11(20)21)18-10(19)6-17-25(22,23)8-3-1-7(2-4-8)24-12(14,15)16/h1-4,9,17H,5-6H2,(H,18,19)(H,20,21). The molecule has 13 heteroatoms. The Morgan fingerprint density at radius 2 is 1.76 bits per heavy atom. The maximum atomic E-state index is 12.3. The minimum absolute atomic E-state index is 0.463. The molecule has 0 aliphatic heterocycles. The van der Waals surface area contributed by atoms with E-state index in [9.17, 15) is 35.6 Å². The number of halogens is 4. The largest absolute Gasteiger partial charge is 0.573 e. The van der Waals surface area contributed by atoms with Crippen LogP contribution in [0.2, 0.25) is 0 Å². The second-order valence-electron chi connectivity index (χ2n) is 4.46. The van der Waals surface area contributed by atoms with Gasteiger partial charge in [-0.15, -0.1) is 13.2 Å². The van der Waals surface area contributed by atoms with Gasteiger partial charge in [0.05, 0.1) is 11.4 Å². The summed E-state index contributed by atoms with van der Waals surface area (Å²) >= 11 is 0. The monoisotopic (exact) mass is 388 g/mol. The predicted octanol–water partition coefficient (Wildman–Crippen LogP) is 0.402. The average Bonchev–Trinajstić information content (AvgIpc) is 2.49.